The summed E-state index contributed by atoms with van der Waals surface area (Å²) in [5.41, 5.74) is 1.77. The Morgan fingerprint density at radius 1 is 0.967 bits per heavy atom. The summed E-state index contributed by atoms with van der Waals surface area (Å²) in [5, 5.41) is 13.2. The van der Waals surface area contributed by atoms with Crippen LogP contribution in [0.3, 0.4) is 0 Å². The Morgan fingerprint density at radius 2 is 1.73 bits per heavy atom. The van der Waals surface area contributed by atoms with Crippen LogP contribution in [0.25, 0.3) is 0 Å². The van der Waals surface area contributed by atoms with Gasteiger partial charge >= 0.3 is 0 Å². The van der Waals surface area contributed by atoms with Gasteiger partial charge in [-0.25, -0.2) is 13.8 Å². The molecule has 0 bridgehead atoms. The van der Waals surface area contributed by atoms with Gasteiger partial charge < -0.3 is 21.3 Å². The number of rotatable bonds is 10. The maximum absolute atomic E-state index is 14.5. The summed E-state index contributed by atoms with van der Waals surface area (Å²) in [6.07, 6.45) is 1.44. The highest BCUT2D eigenvalue weighted by atomic mass is 35.5. The van der Waals surface area contributed by atoms with Gasteiger partial charge in [-0.15, -0.1) is 0 Å². The van der Waals surface area contributed by atoms with Crippen molar-refractivity contribution in [1.29, 1.82) is 0 Å². The van der Waals surface area contributed by atoms with Gasteiger partial charge in [0.25, 0.3) is 0 Å². The Hall–Kier alpha value is -2.13. The van der Waals surface area contributed by atoms with Gasteiger partial charge in [-0.3, -0.25) is 0 Å². The molecular weight excluding hydrogens is 451 g/mol. The van der Waals surface area contributed by atoms with Gasteiger partial charge in [0, 0.05) is 42.5 Å². The molecule has 0 radical (unpaired) electrons. The third-order valence-electron chi connectivity index (χ3n) is 4.18. The van der Waals surface area contributed by atoms with Gasteiger partial charge in [0.15, 0.2) is 5.13 Å². The van der Waals surface area contributed by atoms with Gasteiger partial charge in [-0.1, -0.05) is 47.5 Å². The molecule has 3 aromatic rings. The summed E-state index contributed by atoms with van der Waals surface area (Å²) in [7, 11) is 0. The minimum absolute atomic E-state index is 0.0126. The fourth-order valence-electron chi connectivity index (χ4n) is 2.73. The molecule has 0 spiro atoms. The maximum Gasteiger partial charge on any atom is 0.188 e. The second kappa shape index (κ2) is 10.8. The van der Waals surface area contributed by atoms with E-state index in [9.17, 15) is 8.78 Å². The Morgan fingerprint density at radius 3 is 2.47 bits per heavy atom. The molecule has 10 heteroatoms. The Kier molecular flexibility index (Phi) is 8.09. The van der Waals surface area contributed by atoms with Crippen LogP contribution in [0.4, 0.5) is 31.0 Å². The van der Waals surface area contributed by atoms with Crippen molar-refractivity contribution in [1.82, 2.24) is 10.3 Å². The van der Waals surface area contributed by atoms with Gasteiger partial charge in [-0.05, 0) is 24.2 Å². The van der Waals surface area contributed by atoms with E-state index >= 15 is 0 Å². The summed E-state index contributed by atoms with van der Waals surface area (Å²) in [6, 6.07) is 7.62. The van der Waals surface area contributed by atoms with E-state index in [1.807, 2.05) is 19.1 Å². The predicted molar refractivity (Wildman–Crippen MR) is 123 cm³/mol. The number of halogens is 4. The summed E-state index contributed by atoms with van der Waals surface area (Å²) in [5.74, 6) is -1.19. The zero-order valence-electron chi connectivity index (χ0n) is 16.2. The maximum atomic E-state index is 14.5. The van der Waals surface area contributed by atoms with E-state index in [1.165, 1.54) is 6.20 Å². The number of likely N-dealkylation sites (N-methyl/N-ethyl adjacent to an activating group) is 1. The lowest BCUT2D eigenvalue weighted by atomic mass is 10.1. The Labute approximate surface area is 187 Å². The monoisotopic (exact) mass is 471 g/mol. The van der Waals surface area contributed by atoms with Crippen LogP contribution in [0.5, 0.6) is 0 Å². The lowest BCUT2D eigenvalue weighted by molar-refractivity contribution is 0.606. The lowest BCUT2D eigenvalue weighted by Gasteiger charge is -2.15. The van der Waals surface area contributed by atoms with E-state index in [4.69, 9.17) is 23.2 Å². The first-order chi connectivity index (χ1) is 14.5. The minimum Gasteiger partial charge on any atom is -0.383 e. The number of hydrogen-bond acceptors (Lipinski definition) is 6. The molecule has 0 aliphatic carbocycles. The van der Waals surface area contributed by atoms with Crippen LogP contribution >= 0.6 is 34.5 Å². The molecule has 0 fully saturated rings. The molecule has 0 aliphatic heterocycles. The molecule has 0 unspecified atom stereocenters. The number of anilines is 4. The van der Waals surface area contributed by atoms with Crippen LogP contribution in [0.2, 0.25) is 9.36 Å². The molecule has 3 rings (SSSR count). The summed E-state index contributed by atoms with van der Waals surface area (Å²) in [4.78, 5) is 3.98. The van der Waals surface area contributed by atoms with Crippen LogP contribution in [-0.4, -0.2) is 24.6 Å². The van der Waals surface area contributed by atoms with Crippen molar-refractivity contribution in [3.05, 3.63) is 63.1 Å². The number of nitrogens with one attached hydrogen (secondary N) is 4. The zero-order chi connectivity index (χ0) is 21.5. The van der Waals surface area contributed by atoms with Crippen LogP contribution in [0.15, 0.2) is 36.5 Å². The zero-order valence-corrected chi connectivity index (χ0v) is 18.5. The third kappa shape index (κ3) is 6.18. The SMILES string of the molecule is CCNCCNc1cc(Cl)ccc1CNc1cc(F)c(Nc2ncc(Cl)s2)cc1F. The molecule has 0 aliphatic rings. The van der Waals surface area contributed by atoms with Crippen molar-refractivity contribution < 1.29 is 8.78 Å². The van der Waals surface area contributed by atoms with Crippen molar-refractivity contribution in [2.24, 2.45) is 0 Å². The summed E-state index contributed by atoms with van der Waals surface area (Å²) < 4.78 is 29.4. The van der Waals surface area contributed by atoms with Crippen molar-refractivity contribution in [3.63, 3.8) is 0 Å². The summed E-state index contributed by atoms with van der Waals surface area (Å²) >= 11 is 13.1. The third-order valence-corrected chi connectivity index (χ3v) is 5.45. The van der Waals surface area contributed by atoms with Crippen molar-refractivity contribution >= 4 is 56.7 Å². The first-order valence-electron chi connectivity index (χ1n) is 9.30. The molecular formula is C20H21Cl2F2N5S. The minimum atomic E-state index is -0.606. The molecule has 1 aromatic heterocycles. The van der Waals surface area contributed by atoms with Crippen molar-refractivity contribution in [2.75, 3.05) is 35.6 Å². The van der Waals surface area contributed by atoms with E-state index in [0.717, 1.165) is 47.8 Å². The average Bonchev–Trinajstić information content (AvgIpc) is 3.12. The predicted octanol–water partition coefficient (Wildman–Crippen LogP) is 6.11. The number of aromatic nitrogens is 1. The van der Waals surface area contributed by atoms with Gasteiger partial charge in [0.2, 0.25) is 0 Å². The van der Waals surface area contributed by atoms with Gasteiger partial charge in [0.1, 0.15) is 16.0 Å². The van der Waals surface area contributed by atoms with Gasteiger partial charge in [0.05, 0.1) is 17.6 Å². The molecule has 0 amide bonds. The highest BCUT2D eigenvalue weighted by molar-refractivity contribution is 7.19. The Balaban J connectivity index is 1.69. The molecule has 2 aromatic carbocycles. The first kappa shape index (κ1) is 22.6. The molecule has 5 nitrogen and oxygen atoms in total. The van der Waals surface area contributed by atoms with E-state index in [2.05, 4.69) is 26.3 Å². The molecule has 1 heterocycles. The normalized spacial score (nSPS) is 10.8. The topological polar surface area (TPSA) is 61.0 Å². The van der Waals surface area contributed by atoms with Crippen LogP contribution in [0, 0.1) is 11.6 Å². The number of thiazole rings is 1. The van der Waals surface area contributed by atoms with E-state index < -0.39 is 11.6 Å². The fourth-order valence-corrected chi connectivity index (χ4v) is 3.72. The van der Waals surface area contributed by atoms with Crippen LogP contribution in [0.1, 0.15) is 12.5 Å². The highest BCUT2D eigenvalue weighted by Gasteiger charge is 2.12. The standard InChI is InChI=1S/C20H21Cl2F2N5S/c1-2-25-5-6-26-16-7-13(21)4-3-12(16)10-27-17-8-15(24)18(9-14(17)23)29-20-28-11-19(22)30-20/h3-4,7-9,11,25-27H,2,5-6,10H2,1H3,(H,28,29). The quantitative estimate of drug-likeness (QED) is 0.269. The van der Waals surface area contributed by atoms with Crippen molar-refractivity contribution in [3.8, 4) is 0 Å². The molecule has 160 valence electrons. The molecule has 0 saturated heterocycles. The molecule has 0 atom stereocenters. The van der Waals surface area contributed by atoms with E-state index in [1.54, 1.807) is 6.07 Å². The average molecular weight is 472 g/mol. The number of hydrogen-bond donors (Lipinski definition) is 4. The van der Waals surface area contributed by atoms with E-state index in [0.29, 0.717) is 27.6 Å². The Bertz CT molecular complexity index is 999. The smallest absolute Gasteiger partial charge is 0.188 e. The molecule has 30 heavy (non-hydrogen) atoms. The molecule has 0 saturated carbocycles. The number of nitrogens with zero attached hydrogens (tertiary/aromatic N) is 1. The second-order valence-electron chi connectivity index (χ2n) is 6.34. The van der Waals surface area contributed by atoms with Crippen molar-refractivity contribution in [2.45, 2.75) is 13.5 Å². The first-order valence-corrected chi connectivity index (χ1v) is 10.9. The van der Waals surface area contributed by atoms with Gasteiger partial charge in [-0.2, -0.15) is 0 Å². The van der Waals surface area contributed by atoms with E-state index in [-0.39, 0.29) is 11.4 Å². The van der Waals surface area contributed by atoms with Crippen LogP contribution < -0.4 is 21.3 Å². The molecule has 4 N–H and O–H groups in total. The van der Waals surface area contributed by atoms with Crippen LogP contribution in [-0.2, 0) is 6.54 Å². The largest absolute Gasteiger partial charge is 0.383 e. The number of benzene rings is 2. The fraction of sp³-hybridized carbons (Fsp3) is 0.250. The lowest BCUT2D eigenvalue weighted by Crippen LogP contribution is -2.22. The summed E-state index contributed by atoms with van der Waals surface area (Å²) in [6.45, 7) is 4.73. The second-order valence-corrected chi connectivity index (χ2v) is 8.44. The highest BCUT2D eigenvalue weighted by Crippen LogP contribution is 2.30.